The molecule has 0 heterocycles. The molecule has 0 spiro atoms. The molecule has 0 aliphatic heterocycles. The Balaban J connectivity index is 1.81. The van der Waals surface area contributed by atoms with Crippen LogP contribution in [0, 0.1) is 10.1 Å². The van der Waals surface area contributed by atoms with Crippen molar-refractivity contribution in [3.05, 3.63) is 63.7 Å². The summed E-state index contributed by atoms with van der Waals surface area (Å²) in [7, 11) is 0. The Labute approximate surface area is 154 Å². The van der Waals surface area contributed by atoms with E-state index in [4.69, 9.17) is 0 Å². The van der Waals surface area contributed by atoms with Crippen molar-refractivity contribution in [2.24, 2.45) is 0 Å². The quantitative estimate of drug-likeness (QED) is 0.460. The number of benzene rings is 2. The van der Waals surface area contributed by atoms with Gasteiger partial charge in [0.15, 0.2) is 0 Å². The van der Waals surface area contributed by atoms with Crippen LogP contribution >= 0.6 is 11.8 Å². The smallest absolute Gasteiger partial charge is 0.282 e. The maximum absolute atomic E-state index is 12.6. The van der Waals surface area contributed by atoms with E-state index in [-0.39, 0.29) is 23.2 Å². The average Bonchev–Trinajstić information content (AvgIpc) is 3.45. The van der Waals surface area contributed by atoms with Crippen LogP contribution in [0.25, 0.3) is 0 Å². The van der Waals surface area contributed by atoms with Crippen LogP contribution in [-0.2, 0) is 0 Å². The van der Waals surface area contributed by atoms with Crippen molar-refractivity contribution in [3.8, 4) is 0 Å². The lowest BCUT2D eigenvalue weighted by Gasteiger charge is -2.09. The molecule has 1 fully saturated rings. The molecule has 3 rings (SSSR count). The molecule has 1 aliphatic carbocycles. The third kappa shape index (κ3) is 4.20. The average molecular weight is 371 g/mol. The van der Waals surface area contributed by atoms with Crippen LogP contribution in [0.3, 0.4) is 0 Å². The molecule has 26 heavy (non-hydrogen) atoms. The minimum atomic E-state index is -0.590. The van der Waals surface area contributed by atoms with Gasteiger partial charge in [0.05, 0.1) is 4.92 Å². The van der Waals surface area contributed by atoms with Gasteiger partial charge in [0.2, 0.25) is 0 Å². The van der Waals surface area contributed by atoms with Crippen molar-refractivity contribution in [3.63, 3.8) is 0 Å². The van der Waals surface area contributed by atoms with Crippen LogP contribution in [0.15, 0.2) is 47.4 Å². The van der Waals surface area contributed by atoms with Crippen molar-refractivity contribution in [1.29, 1.82) is 0 Å². The summed E-state index contributed by atoms with van der Waals surface area (Å²) in [6.07, 6.45) is 3.79. The summed E-state index contributed by atoms with van der Waals surface area (Å²) >= 11 is 1.39. The van der Waals surface area contributed by atoms with Crippen LogP contribution in [-0.4, -0.2) is 29.0 Å². The molecule has 0 radical (unpaired) electrons. The van der Waals surface area contributed by atoms with Crippen molar-refractivity contribution in [2.45, 2.75) is 23.8 Å². The summed E-state index contributed by atoms with van der Waals surface area (Å²) in [6, 6.07) is 11.1. The molecule has 2 amide bonds. The number of hydrogen-bond acceptors (Lipinski definition) is 5. The third-order valence-electron chi connectivity index (χ3n) is 3.94. The number of carbonyl (C=O) groups excluding carboxylic acids is 2. The Bertz CT molecular complexity index is 880. The molecule has 1 saturated carbocycles. The fourth-order valence-electron chi connectivity index (χ4n) is 2.42. The lowest BCUT2D eigenvalue weighted by molar-refractivity contribution is -0.385. The molecule has 0 atom stereocenters. The highest BCUT2D eigenvalue weighted by molar-refractivity contribution is 7.98. The SMILES string of the molecule is CSc1ccc([N+](=O)[O-])c(C(=O)Nc2cccc(C(=O)NC3CC3)c2)c1. The zero-order valence-corrected chi connectivity index (χ0v) is 14.8. The third-order valence-corrected chi connectivity index (χ3v) is 4.67. The Morgan fingerprint density at radius 3 is 2.58 bits per heavy atom. The number of amides is 2. The monoisotopic (exact) mass is 371 g/mol. The molecule has 2 aromatic carbocycles. The molecule has 2 aromatic rings. The molecule has 1 aliphatic rings. The maximum atomic E-state index is 12.6. The van der Waals surface area contributed by atoms with E-state index in [0.717, 1.165) is 17.7 Å². The van der Waals surface area contributed by atoms with E-state index in [2.05, 4.69) is 10.6 Å². The number of rotatable bonds is 6. The Hall–Kier alpha value is -2.87. The van der Waals surface area contributed by atoms with Gasteiger partial charge in [-0.1, -0.05) is 6.07 Å². The highest BCUT2D eigenvalue weighted by atomic mass is 32.2. The Morgan fingerprint density at radius 1 is 1.15 bits per heavy atom. The van der Waals surface area contributed by atoms with Crippen LogP contribution in [0.4, 0.5) is 11.4 Å². The predicted octanol–water partition coefficient (Wildman–Crippen LogP) is 3.46. The maximum Gasteiger partial charge on any atom is 0.282 e. The number of nitro benzene ring substituents is 1. The first-order valence-electron chi connectivity index (χ1n) is 8.02. The number of nitrogens with one attached hydrogen (secondary N) is 2. The molecule has 0 saturated heterocycles. The van der Waals surface area contributed by atoms with Gasteiger partial charge in [-0.2, -0.15) is 0 Å². The minimum Gasteiger partial charge on any atom is -0.349 e. The summed E-state index contributed by atoms with van der Waals surface area (Å²) in [5.74, 6) is -0.786. The molecule has 8 heteroatoms. The highest BCUT2D eigenvalue weighted by Gasteiger charge is 2.24. The van der Waals surface area contributed by atoms with E-state index in [0.29, 0.717) is 11.3 Å². The molecule has 134 valence electrons. The summed E-state index contributed by atoms with van der Waals surface area (Å²) < 4.78 is 0. The van der Waals surface area contributed by atoms with Crippen molar-refractivity contribution >= 4 is 35.0 Å². The zero-order chi connectivity index (χ0) is 18.7. The molecule has 0 aromatic heterocycles. The van der Waals surface area contributed by atoms with E-state index in [1.165, 1.54) is 23.9 Å². The molecule has 2 N–H and O–H groups in total. The first-order valence-corrected chi connectivity index (χ1v) is 9.25. The minimum absolute atomic E-state index is 0.0188. The number of nitrogens with zero attached hydrogens (tertiary/aromatic N) is 1. The molecule has 0 bridgehead atoms. The predicted molar refractivity (Wildman–Crippen MR) is 99.8 cm³/mol. The van der Waals surface area contributed by atoms with Crippen LogP contribution < -0.4 is 10.6 Å². The van der Waals surface area contributed by atoms with Crippen molar-refractivity contribution < 1.29 is 14.5 Å². The number of hydrogen-bond donors (Lipinski definition) is 2. The molecular weight excluding hydrogens is 354 g/mol. The number of anilines is 1. The van der Waals surface area contributed by atoms with Crippen LogP contribution in [0.2, 0.25) is 0 Å². The molecule has 0 unspecified atom stereocenters. The fourth-order valence-corrected chi connectivity index (χ4v) is 2.86. The normalized spacial score (nSPS) is 13.1. The van der Waals surface area contributed by atoms with Gasteiger partial charge in [-0.15, -0.1) is 11.8 Å². The topological polar surface area (TPSA) is 101 Å². The second kappa shape index (κ2) is 7.57. The number of nitro groups is 1. The largest absolute Gasteiger partial charge is 0.349 e. The lowest BCUT2D eigenvalue weighted by atomic mass is 10.1. The van der Waals surface area contributed by atoms with Gasteiger partial charge in [-0.3, -0.25) is 19.7 Å². The first kappa shape index (κ1) is 17.9. The van der Waals surface area contributed by atoms with Crippen LogP contribution in [0.1, 0.15) is 33.6 Å². The van der Waals surface area contributed by atoms with Crippen molar-refractivity contribution in [2.75, 3.05) is 11.6 Å². The summed E-state index contributed by atoms with van der Waals surface area (Å²) in [4.78, 5) is 36.0. The number of carbonyl (C=O) groups is 2. The summed E-state index contributed by atoms with van der Waals surface area (Å²) in [5, 5.41) is 16.7. The fraction of sp³-hybridized carbons (Fsp3) is 0.222. The van der Waals surface area contributed by atoms with E-state index >= 15 is 0 Å². The van der Waals surface area contributed by atoms with Gasteiger partial charge >= 0.3 is 0 Å². The van der Waals surface area contributed by atoms with Crippen molar-refractivity contribution in [1.82, 2.24) is 5.32 Å². The first-order chi connectivity index (χ1) is 12.5. The van der Waals surface area contributed by atoms with Gasteiger partial charge in [0.1, 0.15) is 5.56 Å². The zero-order valence-electron chi connectivity index (χ0n) is 14.0. The van der Waals surface area contributed by atoms with Gasteiger partial charge in [0, 0.05) is 28.3 Å². The van der Waals surface area contributed by atoms with E-state index in [9.17, 15) is 19.7 Å². The van der Waals surface area contributed by atoms with Gasteiger partial charge in [0.25, 0.3) is 17.5 Å². The molecular formula is C18H17N3O4S. The van der Waals surface area contributed by atoms with Gasteiger partial charge in [-0.05, 0) is 49.4 Å². The summed E-state index contributed by atoms with van der Waals surface area (Å²) in [5.41, 5.74) is 0.557. The van der Waals surface area contributed by atoms with Gasteiger partial charge < -0.3 is 10.6 Å². The summed E-state index contributed by atoms with van der Waals surface area (Å²) in [6.45, 7) is 0. The lowest BCUT2D eigenvalue weighted by Crippen LogP contribution is -2.25. The number of thioether (sulfide) groups is 1. The van der Waals surface area contributed by atoms with E-state index in [1.807, 2.05) is 6.26 Å². The standard InChI is InChI=1S/C18H17N3O4S/c1-26-14-7-8-16(21(24)25)15(10-14)18(23)20-13-4-2-3-11(9-13)17(22)19-12-5-6-12/h2-4,7-10,12H,5-6H2,1H3,(H,19,22)(H,20,23). The molecule has 7 nitrogen and oxygen atoms in total. The highest BCUT2D eigenvalue weighted by Crippen LogP contribution is 2.26. The second-order valence-electron chi connectivity index (χ2n) is 5.92. The second-order valence-corrected chi connectivity index (χ2v) is 6.80. The van der Waals surface area contributed by atoms with E-state index < -0.39 is 10.8 Å². The Morgan fingerprint density at radius 2 is 1.92 bits per heavy atom. The van der Waals surface area contributed by atoms with E-state index in [1.54, 1.807) is 30.3 Å². The van der Waals surface area contributed by atoms with Gasteiger partial charge in [-0.25, -0.2) is 0 Å². The Kier molecular flexibility index (Phi) is 5.22. The van der Waals surface area contributed by atoms with Crippen LogP contribution in [0.5, 0.6) is 0 Å².